The highest BCUT2D eigenvalue weighted by Crippen LogP contribution is 2.20. The fourth-order valence-corrected chi connectivity index (χ4v) is 2.16. The third-order valence-electron chi connectivity index (χ3n) is 2.97. The first-order valence-electron chi connectivity index (χ1n) is 5.72. The Morgan fingerprint density at radius 3 is 2.89 bits per heavy atom. The molecule has 0 saturated carbocycles. The highest BCUT2D eigenvalue weighted by atomic mass is 15.3. The zero-order valence-electron chi connectivity index (χ0n) is 10.3. The molecule has 0 aliphatic heterocycles. The number of anilines is 1. The quantitative estimate of drug-likeness (QED) is 0.730. The smallest absolute Gasteiger partial charge is 0.202 e. The third-order valence-corrected chi connectivity index (χ3v) is 2.97. The molecule has 0 radical (unpaired) electrons. The second-order valence-corrected chi connectivity index (χ2v) is 4.26. The molecule has 0 bridgehead atoms. The number of nitrogens with zero attached hydrogens (tertiary/aromatic N) is 5. The Hall–Kier alpha value is -2.37. The van der Waals surface area contributed by atoms with Gasteiger partial charge >= 0.3 is 0 Å². The average molecular weight is 242 g/mol. The van der Waals surface area contributed by atoms with Gasteiger partial charge in [0, 0.05) is 13.2 Å². The van der Waals surface area contributed by atoms with Crippen LogP contribution >= 0.6 is 0 Å². The predicted octanol–water partition coefficient (Wildman–Crippen LogP) is 1.10. The number of hydrogen-bond acceptors (Lipinski definition) is 4. The summed E-state index contributed by atoms with van der Waals surface area (Å²) in [7, 11) is 1.89. The van der Waals surface area contributed by atoms with Crippen LogP contribution in [0.2, 0.25) is 0 Å². The van der Waals surface area contributed by atoms with Gasteiger partial charge in [-0.15, -0.1) is 0 Å². The maximum absolute atomic E-state index is 5.97. The molecule has 0 aliphatic rings. The van der Waals surface area contributed by atoms with Crippen LogP contribution in [-0.2, 0) is 13.6 Å². The number of aryl methyl sites for hydroxylation is 2. The minimum absolute atomic E-state index is 0.492. The van der Waals surface area contributed by atoms with Gasteiger partial charge in [-0.3, -0.25) is 14.2 Å². The largest absolute Gasteiger partial charge is 0.369 e. The summed E-state index contributed by atoms with van der Waals surface area (Å²) in [6.45, 7) is 2.53. The van der Waals surface area contributed by atoms with Crippen molar-refractivity contribution in [1.29, 1.82) is 0 Å². The van der Waals surface area contributed by atoms with E-state index < -0.39 is 0 Å². The van der Waals surface area contributed by atoms with Crippen molar-refractivity contribution in [2.45, 2.75) is 13.5 Å². The summed E-state index contributed by atoms with van der Waals surface area (Å²) >= 11 is 0. The molecule has 0 spiro atoms. The number of nitrogen functional groups attached to an aromatic ring is 1. The molecule has 92 valence electrons. The van der Waals surface area contributed by atoms with Crippen LogP contribution in [0.5, 0.6) is 0 Å². The Labute approximate surface area is 104 Å². The Kier molecular flexibility index (Phi) is 2.29. The maximum Gasteiger partial charge on any atom is 0.202 e. The van der Waals surface area contributed by atoms with Crippen LogP contribution in [0.4, 0.5) is 5.95 Å². The first-order valence-corrected chi connectivity index (χ1v) is 5.72. The van der Waals surface area contributed by atoms with Crippen molar-refractivity contribution in [2.75, 3.05) is 5.73 Å². The van der Waals surface area contributed by atoms with E-state index in [0.29, 0.717) is 12.5 Å². The lowest BCUT2D eigenvalue weighted by Crippen LogP contribution is -2.08. The normalized spacial score (nSPS) is 11.2. The number of nitrogens with two attached hydrogens (primary N) is 1. The van der Waals surface area contributed by atoms with Gasteiger partial charge in [-0.25, -0.2) is 4.98 Å². The minimum Gasteiger partial charge on any atom is -0.369 e. The molecule has 0 unspecified atom stereocenters. The highest BCUT2D eigenvalue weighted by Gasteiger charge is 2.15. The van der Waals surface area contributed by atoms with Crippen LogP contribution in [0, 0.1) is 6.92 Å². The van der Waals surface area contributed by atoms with E-state index in [4.69, 9.17) is 5.73 Å². The molecule has 0 fully saturated rings. The molecule has 18 heavy (non-hydrogen) atoms. The molecule has 2 N–H and O–H groups in total. The molecule has 0 atom stereocenters. The fourth-order valence-electron chi connectivity index (χ4n) is 2.16. The number of hydrogen-bond donors (Lipinski definition) is 1. The lowest BCUT2D eigenvalue weighted by atomic mass is 10.3. The van der Waals surface area contributed by atoms with Gasteiger partial charge in [-0.05, 0) is 19.1 Å². The zero-order valence-corrected chi connectivity index (χ0v) is 10.3. The first-order chi connectivity index (χ1) is 8.66. The Morgan fingerprint density at radius 2 is 2.17 bits per heavy atom. The van der Waals surface area contributed by atoms with Crippen molar-refractivity contribution in [3.05, 3.63) is 35.8 Å². The number of rotatable bonds is 2. The lowest BCUT2D eigenvalue weighted by molar-refractivity contribution is 0.719. The van der Waals surface area contributed by atoms with E-state index in [1.807, 2.05) is 36.7 Å². The summed E-state index contributed by atoms with van der Waals surface area (Å²) < 4.78 is 3.73. The SMILES string of the molecule is Cc1nn(C)c2c1nc(N)n2Cc1ccccn1. The van der Waals surface area contributed by atoms with E-state index in [0.717, 1.165) is 22.6 Å². The second-order valence-electron chi connectivity index (χ2n) is 4.26. The van der Waals surface area contributed by atoms with Crippen LogP contribution in [-0.4, -0.2) is 24.3 Å². The van der Waals surface area contributed by atoms with Crippen molar-refractivity contribution < 1.29 is 0 Å². The molecular weight excluding hydrogens is 228 g/mol. The summed E-state index contributed by atoms with van der Waals surface area (Å²) in [5.74, 6) is 0.492. The molecular formula is C12H14N6. The Balaban J connectivity index is 2.14. The molecule has 0 saturated heterocycles. The van der Waals surface area contributed by atoms with Crippen molar-refractivity contribution in [3.8, 4) is 0 Å². The Bertz CT molecular complexity index is 694. The molecule has 0 amide bonds. The predicted molar refractivity (Wildman–Crippen MR) is 69.0 cm³/mol. The van der Waals surface area contributed by atoms with Crippen LogP contribution in [0.15, 0.2) is 24.4 Å². The summed E-state index contributed by atoms with van der Waals surface area (Å²) in [6.07, 6.45) is 1.77. The van der Waals surface area contributed by atoms with Gasteiger partial charge in [0.25, 0.3) is 0 Å². The van der Waals surface area contributed by atoms with E-state index in [9.17, 15) is 0 Å². The molecule has 3 aromatic rings. The van der Waals surface area contributed by atoms with Crippen molar-refractivity contribution in [1.82, 2.24) is 24.3 Å². The molecule has 6 heteroatoms. The summed E-state index contributed by atoms with van der Waals surface area (Å²) in [5.41, 5.74) is 9.58. The van der Waals surface area contributed by atoms with Gasteiger partial charge in [-0.2, -0.15) is 5.10 Å². The van der Waals surface area contributed by atoms with Gasteiger partial charge in [0.2, 0.25) is 5.95 Å². The van der Waals surface area contributed by atoms with E-state index in [-0.39, 0.29) is 0 Å². The molecule has 3 rings (SSSR count). The summed E-state index contributed by atoms with van der Waals surface area (Å²) in [5, 5.41) is 4.35. The molecule has 0 aliphatic carbocycles. The molecule has 6 nitrogen and oxygen atoms in total. The van der Waals surface area contributed by atoms with E-state index in [1.54, 1.807) is 10.9 Å². The first kappa shape index (κ1) is 10.8. The second kappa shape index (κ2) is 3.83. The monoisotopic (exact) mass is 242 g/mol. The molecule has 3 aromatic heterocycles. The minimum atomic E-state index is 0.492. The van der Waals surface area contributed by atoms with Gasteiger partial charge in [0.1, 0.15) is 5.52 Å². The summed E-state index contributed by atoms with van der Waals surface area (Å²) in [4.78, 5) is 8.66. The van der Waals surface area contributed by atoms with Crippen molar-refractivity contribution in [3.63, 3.8) is 0 Å². The number of aromatic nitrogens is 5. The Morgan fingerprint density at radius 1 is 1.33 bits per heavy atom. The van der Waals surface area contributed by atoms with Gasteiger partial charge in [-0.1, -0.05) is 6.07 Å². The zero-order chi connectivity index (χ0) is 12.7. The van der Waals surface area contributed by atoms with Crippen LogP contribution < -0.4 is 5.73 Å². The number of imidazole rings is 1. The van der Waals surface area contributed by atoms with E-state index >= 15 is 0 Å². The molecule has 0 aromatic carbocycles. The standard InChI is InChI=1S/C12H14N6/c1-8-10-11(17(2)16-8)18(12(13)15-10)7-9-5-3-4-6-14-9/h3-6H,7H2,1-2H3,(H2,13,15). The summed E-state index contributed by atoms with van der Waals surface area (Å²) in [6, 6.07) is 5.82. The number of fused-ring (bicyclic) bond motifs is 1. The molecule has 3 heterocycles. The van der Waals surface area contributed by atoms with Crippen molar-refractivity contribution in [2.24, 2.45) is 7.05 Å². The van der Waals surface area contributed by atoms with Crippen molar-refractivity contribution >= 4 is 17.1 Å². The number of pyridine rings is 1. The van der Waals surface area contributed by atoms with Crippen LogP contribution in [0.3, 0.4) is 0 Å². The fraction of sp³-hybridized carbons (Fsp3) is 0.250. The highest BCUT2D eigenvalue weighted by molar-refractivity contribution is 5.77. The van der Waals surface area contributed by atoms with Gasteiger partial charge in [0.15, 0.2) is 5.65 Å². The van der Waals surface area contributed by atoms with Gasteiger partial charge < -0.3 is 5.73 Å². The van der Waals surface area contributed by atoms with Gasteiger partial charge in [0.05, 0.1) is 17.9 Å². The third kappa shape index (κ3) is 1.54. The lowest BCUT2D eigenvalue weighted by Gasteiger charge is -2.06. The maximum atomic E-state index is 5.97. The van der Waals surface area contributed by atoms with E-state index in [2.05, 4.69) is 15.1 Å². The van der Waals surface area contributed by atoms with E-state index in [1.165, 1.54) is 0 Å². The topological polar surface area (TPSA) is 74.6 Å². The van der Waals surface area contributed by atoms with Crippen LogP contribution in [0.25, 0.3) is 11.2 Å². The average Bonchev–Trinajstić information content (AvgIpc) is 2.81. The van der Waals surface area contributed by atoms with Crippen LogP contribution in [0.1, 0.15) is 11.4 Å².